The number of pyridine rings is 1. The van der Waals surface area contributed by atoms with E-state index in [-0.39, 0.29) is 23.4 Å². The maximum atomic E-state index is 12.2. The second-order valence-corrected chi connectivity index (χ2v) is 5.57. The topological polar surface area (TPSA) is 97.4 Å². The number of urea groups is 1. The van der Waals surface area contributed by atoms with Crippen molar-refractivity contribution in [3.05, 3.63) is 28.7 Å². The number of anilines is 1. The van der Waals surface area contributed by atoms with E-state index in [4.69, 9.17) is 5.73 Å². The zero-order valence-electron chi connectivity index (χ0n) is 12.7. The highest BCUT2D eigenvalue weighted by molar-refractivity contribution is 5.89. The molecule has 1 fully saturated rings. The number of piperidine rings is 1. The molecule has 0 atom stereocenters. The predicted octanol–water partition coefficient (Wildman–Crippen LogP) is 0.987. The Kier molecular flexibility index (Phi) is 5.19. The number of nitrogens with one attached hydrogen (secondary N) is 1. The lowest BCUT2D eigenvalue weighted by Gasteiger charge is -2.31. The minimum absolute atomic E-state index is 0.0900. The third-order valence-corrected chi connectivity index (χ3v) is 3.97. The van der Waals surface area contributed by atoms with E-state index in [1.165, 1.54) is 10.6 Å². The van der Waals surface area contributed by atoms with Crippen LogP contribution in [0.25, 0.3) is 0 Å². The van der Waals surface area contributed by atoms with Gasteiger partial charge in [0.05, 0.1) is 5.69 Å². The molecule has 0 aliphatic carbocycles. The molecule has 1 aromatic heterocycles. The summed E-state index contributed by atoms with van der Waals surface area (Å²) in [6, 6.07) is 2.86. The molecule has 1 aromatic rings. The quantitative estimate of drug-likeness (QED) is 0.868. The van der Waals surface area contributed by atoms with Crippen LogP contribution in [0.5, 0.6) is 0 Å². The molecule has 22 heavy (non-hydrogen) atoms. The van der Waals surface area contributed by atoms with E-state index >= 15 is 0 Å². The van der Waals surface area contributed by atoms with Crippen LogP contribution in [-0.2, 0) is 11.3 Å². The molecular formula is C15H22N4O3. The number of amides is 3. The van der Waals surface area contributed by atoms with Crippen molar-refractivity contribution < 1.29 is 9.59 Å². The van der Waals surface area contributed by atoms with Gasteiger partial charge in [0, 0.05) is 38.3 Å². The van der Waals surface area contributed by atoms with Crippen molar-refractivity contribution in [2.24, 2.45) is 11.7 Å². The van der Waals surface area contributed by atoms with Crippen molar-refractivity contribution in [1.29, 1.82) is 0 Å². The Morgan fingerprint density at radius 1 is 1.32 bits per heavy atom. The normalized spacial score (nSPS) is 15.6. The minimum atomic E-state index is -0.287. The van der Waals surface area contributed by atoms with Crippen molar-refractivity contribution in [2.45, 2.75) is 32.7 Å². The average Bonchev–Trinajstić information content (AvgIpc) is 2.49. The molecule has 0 unspecified atom stereocenters. The number of primary amides is 1. The average molecular weight is 306 g/mol. The second kappa shape index (κ2) is 7.11. The maximum absolute atomic E-state index is 12.2. The van der Waals surface area contributed by atoms with Gasteiger partial charge in [-0.15, -0.1) is 0 Å². The molecular weight excluding hydrogens is 284 g/mol. The zero-order chi connectivity index (χ0) is 16.1. The van der Waals surface area contributed by atoms with Crippen molar-refractivity contribution in [2.75, 3.05) is 18.4 Å². The molecule has 2 heterocycles. The van der Waals surface area contributed by atoms with Gasteiger partial charge in [0.25, 0.3) is 5.56 Å². The molecule has 3 amide bonds. The van der Waals surface area contributed by atoms with Crippen LogP contribution in [0.2, 0.25) is 0 Å². The Labute approximate surface area is 129 Å². The third kappa shape index (κ3) is 4.09. The SMILES string of the molecule is CCn1cc(NC(=O)N2CCC(CC(N)=O)CC2)ccc1=O. The van der Waals surface area contributed by atoms with Crippen LogP contribution in [0.3, 0.4) is 0 Å². The van der Waals surface area contributed by atoms with Gasteiger partial charge in [-0.25, -0.2) is 4.79 Å². The molecule has 120 valence electrons. The van der Waals surface area contributed by atoms with Gasteiger partial charge in [-0.05, 0) is 31.7 Å². The molecule has 1 saturated heterocycles. The maximum Gasteiger partial charge on any atom is 0.321 e. The van der Waals surface area contributed by atoms with Crippen LogP contribution in [0.4, 0.5) is 10.5 Å². The fourth-order valence-corrected chi connectivity index (χ4v) is 2.68. The van der Waals surface area contributed by atoms with E-state index < -0.39 is 0 Å². The standard InChI is InChI=1S/C15H22N4O3/c1-2-18-10-12(3-4-14(18)21)17-15(22)19-7-5-11(6-8-19)9-13(16)20/h3-4,10-11H,2,5-9H2,1H3,(H2,16,20)(H,17,22). The summed E-state index contributed by atoms with van der Waals surface area (Å²) in [6.07, 6.45) is 3.59. The second-order valence-electron chi connectivity index (χ2n) is 5.57. The highest BCUT2D eigenvalue weighted by Crippen LogP contribution is 2.20. The Hall–Kier alpha value is -2.31. The lowest BCUT2D eigenvalue weighted by molar-refractivity contribution is -0.119. The molecule has 0 radical (unpaired) electrons. The molecule has 0 saturated carbocycles. The summed E-state index contributed by atoms with van der Waals surface area (Å²) in [5, 5.41) is 2.80. The van der Waals surface area contributed by atoms with Gasteiger partial charge in [0.15, 0.2) is 0 Å². The number of nitrogens with two attached hydrogens (primary N) is 1. The number of carbonyl (C=O) groups is 2. The van der Waals surface area contributed by atoms with E-state index in [1.54, 1.807) is 17.2 Å². The van der Waals surface area contributed by atoms with Crippen LogP contribution in [0.1, 0.15) is 26.2 Å². The highest BCUT2D eigenvalue weighted by Gasteiger charge is 2.23. The van der Waals surface area contributed by atoms with Crippen LogP contribution >= 0.6 is 0 Å². The summed E-state index contributed by atoms with van der Waals surface area (Å²) in [6.45, 7) is 3.64. The molecule has 1 aliphatic rings. The number of hydrogen-bond donors (Lipinski definition) is 2. The molecule has 7 nitrogen and oxygen atoms in total. The van der Waals surface area contributed by atoms with Gasteiger partial charge in [-0.1, -0.05) is 0 Å². The summed E-state index contributed by atoms with van der Waals surface area (Å²) in [7, 11) is 0. The zero-order valence-corrected chi connectivity index (χ0v) is 12.7. The van der Waals surface area contributed by atoms with Crippen LogP contribution in [-0.4, -0.2) is 34.5 Å². The molecule has 2 rings (SSSR count). The number of rotatable bonds is 4. The van der Waals surface area contributed by atoms with Crippen LogP contribution < -0.4 is 16.6 Å². The smallest absolute Gasteiger partial charge is 0.321 e. The first kappa shape index (κ1) is 16.1. The lowest BCUT2D eigenvalue weighted by Crippen LogP contribution is -2.41. The summed E-state index contributed by atoms with van der Waals surface area (Å²) in [5.41, 5.74) is 5.71. The number of aromatic nitrogens is 1. The number of nitrogens with zero attached hydrogens (tertiary/aromatic N) is 2. The molecule has 0 spiro atoms. The summed E-state index contributed by atoms with van der Waals surface area (Å²) >= 11 is 0. The molecule has 7 heteroatoms. The first-order valence-electron chi connectivity index (χ1n) is 7.54. The van der Waals surface area contributed by atoms with Gasteiger partial charge in [-0.2, -0.15) is 0 Å². The van der Waals surface area contributed by atoms with E-state index in [1.807, 2.05) is 6.92 Å². The van der Waals surface area contributed by atoms with Gasteiger partial charge < -0.3 is 20.5 Å². The van der Waals surface area contributed by atoms with Gasteiger partial charge >= 0.3 is 6.03 Å². The Morgan fingerprint density at radius 2 is 2.00 bits per heavy atom. The molecule has 0 aromatic carbocycles. The minimum Gasteiger partial charge on any atom is -0.370 e. The monoisotopic (exact) mass is 306 g/mol. The number of hydrogen-bond acceptors (Lipinski definition) is 3. The van der Waals surface area contributed by atoms with Gasteiger partial charge in [0.1, 0.15) is 0 Å². The Bertz CT molecular complexity index is 603. The highest BCUT2D eigenvalue weighted by atomic mass is 16.2. The van der Waals surface area contributed by atoms with Crippen molar-refractivity contribution >= 4 is 17.6 Å². The molecule has 0 bridgehead atoms. The third-order valence-electron chi connectivity index (χ3n) is 3.97. The first-order chi connectivity index (χ1) is 10.5. The van der Waals surface area contributed by atoms with Gasteiger partial charge in [0.2, 0.25) is 5.91 Å². The summed E-state index contributed by atoms with van der Waals surface area (Å²) in [4.78, 5) is 36.4. The number of aryl methyl sites for hydroxylation is 1. The van der Waals surface area contributed by atoms with Crippen molar-refractivity contribution in [3.63, 3.8) is 0 Å². The summed E-state index contributed by atoms with van der Waals surface area (Å²) in [5.74, 6) is -0.0201. The molecule has 1 aliphatic heterocycles. The predicted molar refractivity (Wildman–Crippen MR) is 83.5 cm³/mol. The fourth-order valence-electron chi connectivity index (χ4n) is 2.68. The fraction of sp³-hybridized carbons (Fsp3) is 0.533. The largest absolute Gasteiger partial charge is 0.370 e. The number of likely N-dealkylation sites (tertiary alicyclic amines) is 1. The number of carbonyl (C=O) groups excluding carboxylic acids is 2. The lowest BCUT2D eigenvalue weighted by atomic mass is 9.93. The first-order valence-corrected chi connectivity index (χ1v) is 7.54. The Balaban J connectivity index is 1.91. The molecule has 3 N–H and O–H groups in total. The van der Waals surface area contributed by atoms with Gasteiger partial charge in [-0.3, -0.25) is 9.59 Å². The Morgan fingerprint density at radius 3 is 2.59 bits per heavy atom. The van der Waals surface area contributed by atoms with Crippen molar-refractivity contribution in [1.82, 2.24) is 9.47 Å². The summed E-state index contributed by atoms with van der Waals surface area (Å²) < 4.78 is 1.54. The van der Waals surface area contributed by atoms with E-state index in [0.717, 1.165) is 12.8 Å². The van der Waals surface area contributed by atoms with E-state index in [0.29, 0.717) is 31.7 Å². The van der Waals surface area contributed by atoms with Crippen LogP contribution in [0.15, 0.2) is 23.1 Å². The van der Waals surface area contributed by atoms with Crippen LogP contribution in [0, 0.1) is 5.92 Å². The van der Waals surface area contributed by atoms with Crippen molar-refractivity contribution in [3.8, 4) is 0 Å². The van der Waals surface area contributed by atoms with E-state index in [2.05, 4.69) is 5.32 Å². The van der Waals surface area contributed by atoms with E-state index in [9.17, 15) is 14.4 Å².